The number of ether oxygens (including phenoxy) is 2. The minimum Gasteiger partial charge on any atom is -0.493 e. The number of nitrogens with zero attached hydrogens (tertiary/aromatic N) is 2. The molecule has 1 N–H and O–H groups in total. The third-order valence-corrected chi connectivity index (χ3v) is 6.44. The first kappa shape index (κ1) is 22.6. The van der Waals surface area contributed by atoms with Gasteiger partial charge in [-0.2, -0.15) is 0 Å². The topological polar surface area (TPSA) is 97.8 Å². The maximum Gasteiger partial charge on any atom is 0.257 e. The highest BCUT2D eigenvalue weighted by Crippen LogP contribution is 2.30. The van der Waals surface area contributed by atoms with E-state index in [1.165, 1.54) is 22.7 Å². The number of sulfonamides is 1. The molecule has 0 saturated heterocycles. The minimum absolute atomic E-state index is 0.311. The first-order valence-corrected chi connectivity index (χ1v) is 12.1. The van der Waals surface area contributed by atoms with Crippen molar-refractivity contribution in [2.75, 3.05) is 36.6 Å². The first-order valence-electron chi connectivity index (χ1n) is 9.35. The molecule has 2 aromatic carbocycles. The molecule has 0 spiro atoms. The van der Waals surface area contributed by atoms with E-state index in [1.807, 2.05) is 12.3 Å². The summed E-state index contributed by atoms with van der Waals surface area (Å²) in [7, 11) is -0.286. The number of aromatic nitrogens is 1. The standard InChI is InChI=1S/C21H23N3O5S2/c1-5-29-19-12-15(8-11-18(19)28-3)20(25)23-21-22-17(13-30-21)14-6-9-16(10-7-14)24(2)31(4,26)27/h6-13H,5H2,1-4H3,(H,22,23,25). The zero-order valence-electron chi connectivity index (χ0n) is 17.6. The van der Waals surface area contributed by atoms with Crippen LogP contribution in [0.4, 0.5) is 10.8 Å². The molecule has 3 rings (SSSR count). The number of benzene rings is 2. The zero-order chi connectivity index (χ0) is 22.6. The monoisotopic (exact) mass is 461 g/mol. The van der Waals surface area contributed by atoms with Crippen molar-refractivity contribution in [3.05, 3.63) is 53.4 Å². The second kappa shape index (κ2) is 9.36. The number of rotatable bonds is 8. The quantitative estimate of drug-likeness (QED) is 0.547. The Morgan fingerprint density at radius 2 is 1.87 bits per heavy atom. The number of carbonyl (C=O) groups excluding carboxylic acids is 1. The Morgan fingerprint density at radius 3 is 2.48 bits per heavy atom. The van der Waals surface area contributed by atoms with Crippen LogP contribution in [0.15, 0.2) is 47.8 Å². The van der Waals surface area contributed by atoms with Gasteiger partial charge in [-0.1, -0.05) is 12.1 Å². The van der Waals surface area contributed by atoms with Crippen molar-refractivity contribution in [1.82, 2.24) is 4.98 Å². The second-order valence-corrected chi connectivity index (χ2v) is 9.44. The van der Waals surface area contributed by atoms with Crippen molar-refractivity contribution in [2.24, 2.45) is 0 Å². The van der Waals surface area contributed by atoms with Crippen molar-refractivity contribution >= 4 is 38.1 Å². The lowest BCUT2D eigenvalue weighted by molar-refractivity contribution is 0.102. The van der Waals surface area contributed by atoms with Crippen molar-refractivity contribution in [3.8, 4) is 22.8 Å². The highest BCUT2D eigenvalue weighted by Gasteiger charge is 2.15. The Morgan fingerprint density at radius 1 is 1.16 bits per heavy atom. The van der Waals surface area contributed by atoms with Gasteiger partial charge in [-0.15, -0.1) is 11.3 Å². The number of hydrogen-bond donors (Lipinski definition) is 1. The predicted molar refractivity (Wildman–Crippen MR) is 123 cm³/mol. The van der Waals surface area contributed by atoms with Crippen LogP contribution >= 0.6 is 11.3 Å². The van der Waals surface area contributed by atoms with E-state index >= 15 is 0 Å². The van der Waals surface area contributed by atoms with Crippen LogP contribution in [0.5, 0.6) is 11.5 Å². The number of thiazole rings is 1. The van der Waals surface area contributed by atoms with Gasteiger partial charge in [0.1, 0.15) is 0 Å². The Bertz CT molecular complexity index is 1170. The normalized spacial score (nSPS) is 11.1. The fourth-order valence-electron chi connectivity index (χ4n) is 2.75. The van der Waals surface area contributed by atoms with Gasteiger partial charge in [0, 0.05) is 23.6 Å². The molecule has 0 atom stereocenters. The largest absolute Gasteiger partial charge is 0.493 e. The Hall–Kier alpha value is -3.11. The average Bonchev–Trinajstić information content (AvgIpc) is 3.21. The number of nitrogens with one attached hydrogen (secondary N) is 1. The second-order valence-electron chi connectivity index (χ2n) is 6.57. The van der Waals surface area contributed by atoms with Crippen molar-refractivity contribution in [3.63, 3.8) is 0 Å². The molecule has 1 amide bonds. The van der Waals surface area contributed by atoms with Gasteiger partial charge in [-0.05, 0) is 37.3 Å². The lowest BCUT2D eigenvalue weighted by Gasteiger charge is -2.16. The highest BCUT2D eigenvalue weighted by molar-refractivity contribution is 7.92. The summed E-state index contributed by atoms with van der Waals surface area (Å²) in [4.78, 5) is 17.1. The van der Waals surface area contributed by atoms with Crippen LogP contribution in [-0.4, -0.2) is 46.3 Å². The smallest absolute Gasteiger partial charge is 0.257 e. The minimum atomic E-state index is -3.32. The molecule has 0 unspecified atom stereocenters. The molecule has 164 valence electrons. The SMILES string of the molecule is CCOc1cc(C(=O)Nc2nc(-c3ccc(N(C)S(C)(=O)=O)cc3)cs2)ccc1OC. The zero-order valence-corrected chi connectivity index (χ0v) is 19.2. The van der Waals surface area contributed by atoms with E-state index in [1.54, 1.807) is 49.6 Å². The first-order chi connectivity index (χ1) is 14.7. The fraction of sp³-hybridized carbons (Fsp3) is 0.238. The van der Waals surface area contributed by atoms with E-state index in [4.69, 9.17) is 9.47 Å². The Balaban J connectivity index is 1.74. The van der Waals surface area contributed by atoms with Crippen molar-refractivity contribution in [2.45, 2.75) is 6.92 Å². The van der Waals surface area contributed by atoms with Crippen molar-refractivity contribution in [1.29, 1.82) is 0 Å². The summed E-state index contributed by atoms with van der Waals surface area (Å²) in [6.07, 6.45) is 1.15. The molecule has 0 aliphatic heterocycles. The van der Waals surface area contributed by atoms with Crippen LogP contribution in [0.25, 0.3) is 11.3 Å². The van der Waals surface area contributed by atoms with Gasteiger partial charge in [0.25, 0.3) is 5.91 Å². The summed E-state index contributed by atoms with van der Waals surface area (Å²) in [6.45, 7) is 2.31. The molecule has 3 aromatic rings. The van der Waals surface area contributed by atoms with Gasteiger partial charge in [0.15, 0.2) is 16.6 Å². The summed E-state index contributed by atoms with van der Waals surface area (Å²) in [6, 6.07) is 12.0. The molecule has 31 heavy (non-hydrogen) atoms. The lowest BCUT2D eigenvalue weighted by atomic mass is 10.1. The van der Waals surface area contributed by atoms with Crippen molar-refractivity contribution < 1.29 is 22.7 Å². The summed E-state index contributed by atoms with van der Waals surface area (Å²) < 4.78 is 35.3. The Labute approximate surface area is 185 Å². The van der Waals surface area contributed by atoms with Crippen LogP contribution in [0.3, 0.4) is 0 Å². The number of amides is 1. The van der Waals surface area contributed by atoms with E-state index < -0.39 is 10.0 Å². The molecule has 0 bridgehead atoms. The lowest BCUT2D eigenvalue weighted by Crippen LogP contribution is -2.24. The molecule has 1 aromatic heterocycles. The maximum atomic E-state index is 12.6. The summed E-state index contributed by atoms with van der Waals surface area (Å²) >= 11 is 1.30. The number of carbonyl (C=O) groups is 1. The molecule has 0 saturated carbocycles. The molecule has 0 radical (unpaired) electrons. The van der Waals surface area contributed by atoms with Crippen LogP contribution in [0, 0.1) is 0 Å². The maximum absolute atomic E-state index is 12.6. The molecule has 0 aliphatic carbocycles. The highest BCUT2D eigenvalue weighted by atomic mass is 32.2. The van der Waals surface area contributed by atoms with E-state index in [0.29, 0.717) is 40.2 Å². The third-order valence-electron chi connectivity index (χ3n) is 4.47. The molecule has 8 nitrogen and oxygen atoms in total. The molecule has 0 aliphatic rings. The number of hydrogen-bond acceptors (Lipinski definition) is 7. The molecular formula is C21H23N3O5S2. The number of anilines is 2. The van der Waals surface area contributed by atoms with Crippen LogP contribution in [0.1, 0.15) is 17.3 Å². The van der Waals surface area contributed by atoms with Gasteiger partial charge in [0.2, 0.25) is 10.0 Å². The van der Waals surface area contributed by atoms with Crippen LogP contribution in [-0.2, 0) is 10.0 Å². The molecular weight excluding hydrogens is 438 g/mol. The van der Waals surface area contributed by atoms with E-state index in [0.717, 1.165) is 11.8 Å². The number of methoxy groups -OCH3 is 1. The van der Waals surface area contributed by atoms with Crippen LogP contribution in [0.2, 0.25) is 0 Å². The summed E-state index contributed by atoms with van der Waals surface area (Å²) in [5.74, 6) is 0.742. The molecule has 1 heterocycles. The van der Waals surface area contributed by atoms with Crippen LogP contribution < -0.4 is 19.1 Å². The predicted octanol–water partition coefficient (Wildman–Crippen LogP) is 3.87. The van der Waals surface area contributed by atoms with Gasteiger partial charge in [0.05, 0.1) is 31.4 Å². The van der Waals surface area contributed by atoms with Gasteiger partial charge in [-0.3, -0.25) is 14.4 Å². The van der Waals surface area contributed by atoms with Gasteiger partial charge in [-0.25, -0.2) is 13.4 Å². The van der Waals surface area contributed by atoms with Gasteiger partial charge >= 0.3 is 0 Å². The van der Waals surface area contributed by atoms with E-state index in [9.17, 15) is 13.2 Å². The molecule has 10 heteroatoms. The summed E-state index contributed by atoms with van der Waals surface area (Å²) in [5.41, 5.74) is 2.47. The van der Waals surface area contributed by atoms with Gasteiger partial charge < -0.3 is 9.47 Å². The fourth-order valence-corrected chi connectivity index (χ4v) is 3.97. The Kier molecular flexibility index (Phi) is 6.81. The van der Waals surface area contributed by atoms with E-state index in [-0.39, 0.29) is 5.91 Å². The third kappa shape index (κ3) is 5.33. The average molecular weight is 462 g/mol. The summed E-state index contributed by atoms with van der Waals surface area (Å²) in [5, 5.41) is 5.06. The van der Waals surface area contributed by atoms with E-state index in [2.05, 4.69) is 10.3 Å². The molecule has 0 fully saturated rings.